The molecule has 0 unspecified atom stereocenters. The Morgan fingerprint density at radius 3 is 2.00 bits per heavy atom. The van der Waals surface area contributed by atoms with Crippen LogP contribution in [0, 0.1) is 0 Å². The molecule has 0 spiro atoms. The first-order valence-electron chi connectivity index (χ1n) is 2.91. The summed E-state index contributed by atoms with van der Waals surface area (Å²) in [5.41, 5.74) is 5.39. The molecule has 0 aliphatic rings. The molecule has 0 radical (unpaired) electrons. The van der Waals surface area contributed by atoms with Gasteiger partial charge < -0.3 is 0 Å². The lowest BCUT2D eigenvalue weighted by Crippen LogP contribution is -1.84. The number of hydrogen-bond donors (Lipinski definition) is 0. The van der Waals surface area contributed by atoms with Gasteiger partial charge in [0.25, 0.3) is 0 Å². The lowest BCUT2D eigenvalue weighted by molar-refractivity contribution is 1.38. The summed E-state index contributed by atoms with van der Waals surface area (Å²) < 4.78 is 0. The van der Waals surface area contributed by atoms with E-state index in [2.05, 4.69) is 36.1 Å². The predicted molar refractivity (Wildman–Crippen MR) is 49.3 cm³/mol. The third-order valence-electron chi connectivity index (χ3n) is 1.17. The Labute approximate surface area is 67.3 Å². The maximum Gasteiger partial charge on any atom is 0.0409 e. The normalized spacial score (nSPS) is 7.40. The van der Waals surface area contributed by atoms with E-state index in [4.69, 9.17) is 0 Å². The summed E-state index contributed by atoms with van der Waals surface area (Å²) >= 11 is 4.66. The molecule has 0 nitrogen and oxygen atoms in total. The van der Waals surface area contributed by atoms with Gasteiger partial charge in [-0.25, -0.2) is 0 Å². The van der Waals surface area contributed by atoms with Crippen LogP contribution in [0.15, 0.2) is 35.6 Å². The van der Waals surface area contributed by atoms with E-state index >= 15 is 0 Å². The van der Waals surface area contributed by atoms with Crippen molar-refractivity contribution in [2.75, 3.05) is 0 Å². The van der Waals surface area contributed by atoms with Gasteiger partial charge in [0.05, 0.1) is 0 Å². The summed E-state index contributed by atoms with van der Waals surface area (Å²) in [5, 5.41) is 2.61. The summed E-state index contributed by atoms with van der Waals surface area (Å²) in [6.07, 6.45) is 0. The monoisotopic (exact) mass is 150 g/mol. The predicted octanol–water partition coefficient (Wildman–Crippen LogP) is 2.82. The van der Waals surface area contributed by atoms with Crippen LogP contribution in [-0.4, -0.2) is 5.02 Å². The summed E-state index contributed by atoms with van der Waals surface area (Å²) in [4.78, 5) is 0. The quantitative estimate of drug-likeness (QED) is 0.331. The van der Waals surface area contributed by atoms with Crippen LogP contribution in [0.25, 0.3) is 0 Å². The van der Waals surface area contributed by atoms with E-state index in [9.17, 15) is 0 Å². The second kappa shape index (κ2) is 4.03. The van der Waals surface area contributed by atoms with Crippen LogP contribution in [0.3, 0.4) is 0 Å². The molecular weight excluding hydrogens is 140 g/mol. The van der Waals surface area contributed by atoms with Crippen molar-refractivity contribution in [3.63, 3.8) is 0 Å². The van der Waals surface area contributed by atoms with E-state index in [0.717, 1.165) is 16.7 Å². The van der Waals surface area contributed by atoms with E-state index in [1.807, 2.05) is 13.8 Å². The summed E-state index contributed by atoms with van der Waals surface area (Å²) in [5.74, 6) is 0. The molecule has 1 heteroatoms. The van der Waals surface area contributed by atoms with Crippen LogP contribution in [0.2, 0.25) is 0 Å². The molecule has 10 heavy (non-hydrogen) atoms. The third-order valence-corrected chi connectivity index (χ3v) is 1.37. The first kappa shape index (κ1) is 9.13. The van der Waals surface area contributed by atoms with E-state index in [0.29, 0.717) is 0 Å². The van der Waals surface area contributed by atoms with Gasteiger partial charge in [-0.05, 0) is 36.7 Å². The van der Waals surface area contributed by atoms with Crippen LogP contribution in [-0.2, 0) is 0 Å². The molecule has 0 rings (SSSR count). The van der Waals surface area contributed by atoms with Crippen LogP contribution in [0.1, 0.15) is 13.8 Å². The van der Waals surface area contributed by atoms with Gasteiger partial charge in [0.1, 0.15) is 0 Å². The Morgan fingerprint density at radius 1 is 1.40 bits per heavy atom. The maximum absolute atomic E-state index is 4.66. The molecule has 0 saturated heterocycles. The summed E-state index contributed by atoms with van der Waals surface area (Å²) in [6, 6.07) is 0. The Hall–Kier alpha value is -0.870. The number of hydrogen-bond acceptors (Lipinski definition) is 1. The second-order valence-corrected chi connectivity index (χ2v) is 2.26. The van der Waals surface area contributed by atoms with Gasteiger partial charge in [-0.1, -0.05) is 13.2 Å². The molecular formula is C9H10S. The van der Waals surface area contributed by atoms with E-state index in [1.165, 1.54) is 0 Å². The highest BCUT2D eigenvalue weighted by atomic mass is 32.1. The Kier molecular flexibility index (Phi) is 3.68. The number of rotatable bonds is 2. The standard InChI is InChI=1S/C9H10S/c1-5-8(4)9(6-10)7(2)3/h1-2H2,3-4H3. The highest BCUT2D eigenvalue weighted by Crippen LogP contribution is 2.11. The molecule has 52 valence electrons. The van der Waals surface area contributed by atoms with Gasteiger partial charge in [-0.15, -0.1) is 5.73 Å². The van der Waals surface area contributed by atoms with E-state index < -0.39 is 0 Å². The van der Waals surface area contributed by atoms with Crippen molar-refractivity contribution in [3.05, 3.63) is 35.6 Å². The van der Waals surface area contributed by atoms with Crippen molar-refractivity contribution in [1.29, 1.82) is 0 Å². The molecule has 0 amide bonds. The van der Waals surface area contributed by atoms with E-state index in [1.54, 1.807) is 0 Å². The molecule has 0 bridgehead atoms. The average Bonchev–Trinajstić information content (AvgIpc) is 1.88. The largest absolute Gasteiger partial charge is 0.124 e. The molecule has 0 fully saturated rings. The third kappa shape index (κ3) is 2.16. The molecule has 0 N–H and O–H groups in total. The zero-order valence-electron chi connectivity index (χ0n) is 6.32. The van der Waals surface area contributed by atoms with Gasteiger partial charge in [-0.2, -0.15) is 0 Å². The average molecular weight is 150 g/mol. The van der Waals surface area contributed by atoms with Crippen molar-refractivity contribution in [2.45, 2.75) is 13.8 Å². The van der Waals surface area contributed by atoms with Crippen molar-refractivity contribution in [1.82, 2.24) is 0 Å². The van der Waals surface area contributed by atoms with Crippen LogP contribution >= 0.6 is 12.2 Å². The second-order valence-electron chi connectivity index (χ2n) is 2.06. The Balaban J connectivity index is 4.92. The smallest absolute Gasteiger partial charge is 0.0409 e. The fourth-order valence-electron chi connectivity index (χ4n) is 0.572. The van der Waals surface area contributed by atoms with Gasteiger partial charge >= 0.3 is 0 Å². The lowest BCUT2D eigenvalue weighted by Gasteiger charge is -1.98. The van der Waals surface area contributed by atoms with E-state index in [-0.39, 0.29) is 0 Å². The van der Waals surface area contributed by atoms with Crippen molar-refractivity contribution < 1.29 is 0 Å². The van der Waals surface area contributed by atoms with Crippen LogP contribution < -0.4 is 0 Å². The van der Waals surface area contributed by atoms with Gasteiger partial charge in [-0.3, -0.25) is 0 Å². The van der Waals surface area contributed by atoms with Crippen molar-refractivity contribution >= 4 is 17.2 Å². The van der Waals surface area contributed by atoms with Gasteiger partial charge in [0.15, 0.2) is 0 Å². The molecule has 0 aromatic carbocycles. The molecule has 0 aliphatic heterocycles. The van der Waals surface area contributed by atoms with Crippen LogP contribution in [0.5, 0.6) is 0 Å². The molecule has 0 aliphatic carbocycles. The minimum Gasteiger partial charge on any atom is -0.124 e. The Morgan fingerprint density at radius 2 is 1.90 bits per heavy atom. The minimum atomic E-state index is 0.838. The first-order chi connectivity index (χ1) is 4.63. The fourth-order valence-corrected chi connectivity index (χ4v) is 0.899. The summed E-state index contributed by atoms with van der Waals surface area (Å²) in [7, 11) is 0. The molecule has 0 saturated carbocycles. The van der Waals surface area contributed by atoms with Crippen molar-refractivity contribution in [3.8, 4) is 0 Å². The first-order valence-corrected chi connectivity index (χ1v) is 3.32. The van der Waals surface area contributed by atoms with Crippen molar-refractivity contribution in [2.24, 2.45) is 0 Å². The minimum absolute atomic E-state index is 0.838. The molecule has 0 aromatic heterocycles. The van der Waals surface area contributed by atoms with Gasteiger partial charge in [0, 0.05) is 11.1 Å². The zero-order chi connectivity index (χ0) is 8.15. The molecule has 0 heterocycles. The fraction of sp³-hybridized carbons (Fsp3) is 0.222. The topological polar surface area (TPSA) is 0 Å². The van der Waals surface area contributed by atoms with Crippen LogP contribution in [0.4, 0.5) is 0 Å². The number of thiocarbonyl (C=S) groups is 1. The zero-order valence-corrected chi connectivity index (χ0v) is 7.14. The lowest BCUT2D eigenvalue weighted by atomic mass is 10.1. The Bertz CT molecular complexity index is 246. The number of allylic oxidation sites excluding steroid dienone is 3. The van der Waals surface area contributed by atoms with Gasteiger partial charge in [0.2, 0.25) is 0 Å². The SMILES string of the molecule is C=C=C(C)C(=C=S)C(=C)C. The molecule has 0 atom stereocenters. The molecule has 0 aromatic rings. The maximum atomic E-state index is 4.66. The summed E-state index contributed by atoms with van der Waals surface area (Å²) in [6.45, 7) is 11.0. The highest BCUT2D eigenvalue weighted by Gasteiger charge is 1.97. The highest BCUT2D eigenvalue weighted by molar-refractivity contribution is 7.78.